The van der Waals surface area contributed by atoms with E-state index in [4.69, 9.17) is 11.6 Å². The van der Waals surface area contributed by atoms with Crippen molar-refractivity contribution in [3.63, 3.8) is 0 Å². The quantitative estimate of drug-likeness (QED) is 0.794. The lowest BCUT2D eigenvalue weighted by molar-refractivity contribution is 0.529. The Hall–Kier alpha value is -0.610. The minimum atomic E-state index is -3.29. The molecule has 0 saturated heterocycles. The number of rotatable bonds is 4. The molecule has 0 fully saturated rings. The Kier molecular flexibility index (Phi) is 4.20. The first-order valence-corrected chi connectivity index (χ1v) is 7.56. The van der Waals surface area contributed by atoms with Crippen molar-refractivity contribution in [2.24, 2.45) is 0 Å². The van der Waals surface area contributed by atoms with E-state index < -0.39 is 20.0 Å². The van der Waals surface area contributed by atoms with Crippen molar-refractivity contribution in [1.29, 1.82) is 0 Å². The molecule has 2 nitrogen and oxygen atoms in total. The molecule has 0 radical (unpaired) electrons. The highest BCUT2D eigenvalue weighted by Gasteiger charge is 2.38. The van der Waals surface area contributed by atoms with Crippen LogP contribution in [0.3, 0.4) is 0 Å². The Labute approximate surface area is 107 Å². The molecule has 0 spiro atoms. The highest BCUT2D eigenvalue weighted by Crippen LogP contribution is 2.28. The molecule has 0 aromatic heterocycles. The van der Waals surface area contributed by atoms with Crippen LogP contribution in [-0.2, 0) is 16.3 Å². The molecule has 1 rings (SSSR count). The van der Waals surface area contributed by atoms with Crippen molar-refractivity contribution in [2.75, 3.05) is 6.26 Å². The Balaban J connectivity index is 2.95. The molecule has 0 bridgehead atoms. The topological polar surface area (TPSA) is 34.1 Å². The zero-order valence-corrected chi connectivity index (χ0v) is 11.6. The van der Waals surface area contributed by atoms with Crippen LogP contribution in [0.2, 0.25) is 0 Å². The highest BCUT2D eigenvalue weighted by atomic mass is 35.5. The van der Waals surface area contributed by atoms with E-state index in [0.29, 0.717) is 5.56 Å². The van der Waals surface area contributed by atoms with Crippen LogP contribution < -0.4 is 0 Å². The van der Waals surface area contributed by atoms with Crippen LogP contribution in [0.15, 0.2) is 24.3 Å². The number of sulfone groups is 1. The molecule has 1 aromatic rings. The Morgan fingerprint density at radius 3 is 2.35 bits per heavy atom. The summed E-state index contributed by atoms with van der Waals surface area (Å²) < 4.78 is 35.5. The first kappa shape index (κ1) is 14.5. The molecule has 17 heavy (non-hydrogen) atoms. The monoisotopic (exact) mass is 278 g/mol. The van der Waals surface area contributed by atoms with Crippen molar-refractivity contribution >= 4 is 21.4 Å². The minimum Gasteiger partial charge on any atom is -0.229 e. The zero-order valence-electron chi connectivity index (χ0n) is 10.1. The second-order valence-electron chi connectivity index (χ2n) is 4.64. The van der Waals surface area contributed by atoms with Gasteiger partial charge in [-0.2, -0.15) is 0 Å². The van der Waals surface area contributed by atoms with E-state index in [9.17, 15) is 12.8 Å². The van der Waals surface area contributed by atoms with E-state index in [1.807, 2.05) is 0 Å². The number of benzene rings is 1. The summed E-state index contributed by atoms with van der Waals surface area (Å²) >= 11 is 6.12. The largest absolute Gasteiger partial charge is 0.229 e. The lowest BCUT2D eigenvalue weighted by Crippen LogP contribution is -2.41. The van der Waals surface area contributed by atoms with Crippen molar-refractivity contribution in [3.8, 4) is 0 Å². The van der Waals surface area contributed by atoms with Crippen LogP contribution in [0.1, 0.15) is 19.4 Å². The summed E-state index contributed by atoms with van der Waals surface area (Å²) in [5.41, 5.74) is 0.434. The molecule has 0 aliphatic rings. The van der Waals surface area contributed by atoms with Crippen LogP contribution in [0, 0.1) is 5.82 Å². The molecule has 1 aromatic carbocycles. The minimum absolute atomic E-state index is 0.189. The van der Waals surface area contributed by atoms with Gasteiger partial charge in [-0.3, -0.25) is 0 Å². The van der Waals surface area contributed by atoms with Crippen molar-refractivity contribution in [2.45, 2.75) is 30.4 Å². The maximum Gasteiger partial charge on any atom is 0.154 e. The van der Waals surface area contributed by atoms with Gasteiger partial charge < -0.3 is 0 Å². The average Bonchev–Trinajstić information content (AvgIpc) is 2.19. The third-order valence-electron chi connectivity index (χ3n) is 3.07. The van der Waals surface area contributed by atoms with Gasteiger partial charge in [-0.15, -0.1) is 11.6 Å². The van der Waals surface area contributed by atoms with E-state index in [0.717, 1.165) is 6.26 Å². The van der Waals surface area contributed by atoms with Gasteiger partial charge in [0.2, 0.25) is 0 Å². The van der Waals surface area contributed by atoms with Gasteiger partial charge >= 0.3 is 0 Å². The maximum absolute atomic E-state index is 13.4. The van der Waals surface area contributed by atoms with Gasteiger partial charge in [-0.1, -0.05) is 18.2 Å². The lowest BCUT2D eigenvalue weighted by Gasteiger charge is -2.28. The van der Waals surface area contributed by atoms with Gasteiger partial charge in [0.15, 0.2) is 9.84 Å². The zero-order chi connectivity index (χ0) is 13.3. The first-order chi connectivity index (χ1) is 7.66. The summed E-state index contributed by atoms with van der Waals surface area (Å²) in [5.74, 6) is -0.359. The van der Waals surface area contributed by atoms with Gasteiger partial charge in [0.05, 0.1) is 10.1 Å². The number of alkyl halides is 1. The fourth-order valence-electron chi connectivity index (χ4n) is 1.34. The van der Waals surface area contributed by atoms with Gasteiger partial charge in [0, 0.05) is 6.26 Å². The molecule has 5 heteroatoms. The van der Waals surface area contributed by atoms with E-state index in [1.165, 1.54) is 6.07 Å². The second kappa shape index (κ2) is 4.94. The van der Waals surface area contributed by atoms with Gasteiger partial charge in [0.1, 0.15) is 5.82 Å². The van der Waals surface area contributed by atoms with E-state index in [-0.39, 0.29) is 12.2 Å². The predicted octanol–water partition coefficient (Wildman–Crippen LogP) is 2.80. The Morgan fingerprint density at radius 2 is 1.88 bits per heavy atom. The maximum atomic E-state index is 13.4. The molecule has 0 saturated carbocycles. The molecule has 1 atom stereocenters. The summed E-state index contributed by atoms with van der Waals surface area (Å²) in [6.45, 7) is 3.11. The molecule has 0 aliphatic heterocycles. The van der Waals surface area contributed by atoms with Gasteiger partial charge in [-0.25, -0.2) is 12.8 Å². The fourth-order valence-corrected chi connectivity index (χ4v) is 2.53. The third kappa shape index (κ3) is 3.19. The fraction of sp³-hybridized carbons (Fsp3) is 0.500. The van der Waals surface area contributed by atoms with Crippen LogP contribution in [0.4, 0.5) is 4.39 Å². The van der Waals surface area contributed by atoms with Crippen LogP contribution >= 0.6 is 11.6 Å². The number of hydrogen-bond acceptors (Lipinski definition) is 2. The number of hydrogen-bond donors (Lipinski definition) is 0. The summed E-state index contributed by atoms with van der Waals surface area (Å²) in [5, 5.41) is -0.672. The molecule has 0 N–H and O–H groups in total. The van der Waals surface area contributed by atoms with E-state index >= 15 is 0 Å². The molecule has 0 aliphatic carbocycles. The standard InChI is InChI=1S/C12H16ClFO2S/c1-12(2,17(3,15)16)11(13)8-9-6-4-5-7-10(9)14/h4-7,11H,8H2,1-3H3. The van der Waals surface area contributed by atoms with Crippen molar-refractivity contribution < 1.29 is 12.8 Å². The molecule has 0 heterocycles. The molecule has 0 amide bonds. The number of halogens is 2. The summed E-state index contributed by atoms with van der Waals surface area (Å²) in [6, 6.07) is 6.24. The Morgan fingerprint density at radius 1 is 1.35 bits per heavy atom. The summed E-state index contributed by atoms with van der Waals surface area (Å²) in [7, 11) is -3.29. The van der Waals surface area contributed by atoms with Crippen LogP contribution in [0.25, 0.3) is 0 Å². The van der Waals surface area contributed by atoms with Gasteiger partial charge in [-0.05, 0) is 31.9 Å². The summed E-state index contributed by atoms with van der Waals surface area (Å²) in [6.07, 6.45) is 1.33. The van der Waals surface area contributed by atoms with Crippen molar-refractivity contribution in [1.82, 2.24) is 0 Å². The summed E-state index contributed by atoms with van der Waals surface area (Å²) in [4.78, 5) is 0. The van der Waals surface area contributed by atoms with Crippen molar-refractivity contribution in [3.05, 3.63) is 35.6 Å². The average molecular weight is 279 g/mol. The highest BCUT2D eigenvalue weighted by molar-refractivity contribution is 7.92. The SMILES string of the molecule is CC(C)(C(Cl)Cc1ccccc1F)S(C)(=O)=O. The molecule has 96 valence electrons. The van der Waals surface area contributed by atoms with Crippen LogP contribution in [0.5, 0.6) is 0 Å². The molecular formula is C12H16ClFO2S. The van der Waals surface area contributed by atoms with E-state index in [2.05, 4.69) is 0 Å². The normalized spacial score (nSPS) is 14.6. The third-order valence-corrected chi connectivity index (χ3v) is 6.09. The Bertz CT molecular complexity index is 497. The molecular weight excluding hydrogens is 263 g/mol. The molecule has 1 unspecified atom stereocenters. The van der Waals surface area contributed by atoms with Gasteiger partial charge in [0.25, 0.3) is 0 Å². The smallest absolute Gasteiger partial charge is 0.154 e. The lowest BCUT2D eigenvalue weighted by atomic mass is 10.0. The second-order valence-corrected chi connectivity index (χ2v) is 7.76. The van der Waals surface area contributed by atoms with E-state index in [1.54, 1.807) is 32.0 Å². The van der Waals surface area contributed by atoms with Crippen LogP contribution in [-0.4, -0.2) is 24.8 Å². The predicted molar refractivity (Wildman–Crippen MR) is 68.7 cm³/mol. The first-order valence-electron chi connectivity index (χ1n) is 5.23.